The van der Waals surface area contributed by atoms with Crippen molar-refractivity contribution in [2.75, 3.05) is 13.1 Å². The van der Waals surface area contributed by atoms with Gasteiger partial charge in [0.25, 0.3) is 5.91 Å². The van der Waals surface area contributed by atoms with Crippen molar-refractivity contribution in [1.29, 1.82) is 0 Å². The molecule has 1 atom stereocenters. The van der Waals surface area contributed by atoms with Gasteiger partial charge in [-0.25, -0.2) is 4.98 Å². The zero-order valence-electron chi connectivity index (χ0n) is 13.6. The maximum absolute atomic E-state index is 12.7. The first-order chi connectivity index (χ1) is 11.1. The lowest BCUT2D eigenvalue weighted by molar-refractivity contribution is 0.0942. The second kappa shape index (κ2) is 5.46. The van der Waals surface area contributed by atoms with Crippen LogP contribution in [0.3, 0.4) is 0 Å². The predicted octanol–water partition coefficient (Wildman–Crippen LogP) is 2.42. The van der Waals surface area contributed by atoms with E-state index in [-0.39, 0.29) is 5.91 Å². The predicted molar refractivity (Wildman–Crippen MR) is 91.3 cm³/mol. The molecule has 2 aliphatic rings. The molecule has 122 valence electrons. The monoisotopic (exact) mass is 330 g/mol. The molecule has 1 saturated carbocycles. The minimum Gasteiger partial charge on any atom is -0.349 e. The van der Waals surface area contributed by atoms with Gasteiger partial charge < -0.3 is 10.6 Å². The van der Waals surface area contributed by atoms with Gasteiger partial charge >= 0.3 is 0 Å². The summed E-state index contributed by atoms with van der Waals surface area (Å²) in [6.07, 6.45) is 5.28. The summed E-state index contributed by atoms with van der Waals surface area (Å²) in [5.41, 5.74) is 3.15. The fourth-order valence-electron chi connectivity index (χ4n) is 3.88. The number of hydrogen-bond acceptors (Lipinski definition) is 4. The fraction of sp³-hybridized carbons (Fsp3) is 0.529. The zero-order valence-corrected chi connectivity index (χ0v) is 14.4. The first-order valence-corrected chi connectivity index (χ1v) is 9.09. The number of carbonyl (C=O) groups excluding carboxylic acids is 1. The van der Waals surface area contributed by atoms with Gasteiger partial charge in [0.05, 0.1) is 5.56 Å². The van der Waals surface area contributed by atoms with Crippen molar-refractivity contribution in [3.8, 4) is 5.13 Å². The molecular weight excluding hydrogens is 308 g/mol. The average Bonchev–Trinajstić information content (AvgIpc) is 2.92. The van der Waals surface area contributed by atoms with Gasteiger partial charge in [0.1, 0.15) is 0 Å². The summed E-state index contributed by atoms with van der Waals surface area (Å²) >= 11 is 1.59. The van der Waals surface area contributed by atoms with Crippen molar-refractivity contribution in [2.24, 2.45) is 5.41 Å². The maximum atomic E-state index is 12.7. The molecule has 2 aromatic rings. The lowest BCUT2D eigenvalue weighted by atomic mass is 9.94. The summed E-state index contributed by atoms with van der Waals surface area (Å²) in [4.78, 5) is 17.1. The SMILES string of the molecule is Cc1cc(C(=O)NC2CC23CCNCC3)c(C)n1-c1nccs1. The Kier molecular flexibility index (Phi) is 3.54. The van der Waals surface area contributed by atoms with E-state index in [0.29, 0.717) is 11.5 Å². The van der Waals surface area contributed by atoms with Gasteiger partial charge in [0.2, 0.25) is 0 Å². The van der Waals surface area contributed by atoms with Crippen molar-refractivity contribution in [1.82, 2.24) is 20.2 Å². The van der Waals surface area contributed by atoms with Gasteiger partial charge in [0, 0.05) is 29.0 Å². The highest BCUT2D eigenvalue weighted by atomic mass is 32.1. The van der Waals surface area contributed by atoms with Gasteiger partial charge in [-0.2, -0.15) is 0 Å². The Balaban J connectivity index is 1.53. The smallest absolute Gasteiger partial charge is 0.253 e. The van der Waals surface area contributed by atoms with E-state index in [1.165, 1.54) is 12.8 Å². The maximum Gasteiger partial charge on any atom is 0.253 e. The highest BCUT2D eigenvalue weighted by Crippen LogP contribution is 2.52. The highest BCUT2D eigenvalue weighted by Gasteiger charge is 2.54. The van der Waals surface area contributed by atoms with E-state index < -0.39 is 0 Å². The molecule has 0 radical (unpaired) electrons. The molecule has 1 unspecified atom stereocenters. The number of nitrogens with one attached hydrogen (secondary N) is 2. The third-order valence-electron chi connectivity index (χ3n) is 5.38. The minimum atomic E-state index is 0.0568. The molecule has 23 heavy (non-hydrogen) atoms. The van der Waals surface area contributed by atoms with Crippen molar-refractivity contribution in [2.45, 2.75) is 39.2 Å². The molecule has 1 amide bonds. The molecule has 2 aromatic heterocycles. The Morgan fingerprint density at radius 3 is 2.91 bits per heavy atom. The second-order valence-corrected chi connectivity index (χ2v) is 7.65. The molecule has 0 aromatic carbocycles. The van der Waals surface area contributed by atoms with Crippen LogP contribution in [0.2, 0.25) is 0 Å². The van der Waals surface area contributed by atoms with Crippen LogP contribution in [0.15, 0.2) is 17.6 Å². The first kappa shape index (κ1) is 14.9. The first-order valence-electron chi connectivity index (χ1n) is 8.21. The molecular formula is C17H22N4OS. The van der Waals surface area contributed by atoms with E-state index in [9.17, 15) is 4.79 Å². The number of nitrogens with zero attached hydrogens (tertiary/aromatic N) is 2. The third kappa shape index (κ3) is 2.50. The summed E-state index contributed by atoms with van der Waals surface area (Å²) in [5, 5.41) is 9.53. The number of aryl methyl sites for hydroxylation is 1. The lowest BCUT2D eigenvalue weighted by Crippen LogP contribution is -2.36. The van der Waals surface area contributed by atoms with E-state index in [2.05, 4.69) is 20.2 Å². The van der Waals surface area contributed by atoms with Crippen LogP contribution >= 0.6 is 11.3 Å². The summed E-state index contributed by atoms with van der Waals surface area (Å²) in [6.45, 7) is 6.17. The Morgan fingerprint density at radius 2 is 2.22 bits per heavy atom. The number of thiazole rings is 1. The quantitative estimate of drug-likeness (QED) is 0.909. The number of aromatic nitrogens is 2. The van der Waals surface area contributed by atoms with Gasteiger partial charge in [-0.1, -0.05) is 0 Å². The topological polar surface area (TPSA) is 59.0 Å². The number of carbonyl (C=O) groups is 1. The van der Waals surface area contributed by atoms with Crippen LogP contribution in [0, 0.1) is 19.3 Å². The molecule has 4 rings (SSSR count). The molecule has 1 saturated heterocycles. The normalized spacial score (nSPS) is 22.3. The molecule has 0 bridgehead atoms. The van der Waals surface area contributed by atoms with Gasteiger partial charge in [-0.05, 0) is 57.7 Å². The number of hydrogen-bond donors (Lipinski definition) is 2. The number of piperidine rings is 1. The van der Waals surface area contributed by atoms with Crippen LogP contribution in [0.1, 0.15) is 41.0 Å². The van der Waals surface area contributed by atoms with E-state index in [4.69, 9.17) is 0 Å². The van der Waals surface area contributed by atoms with Crippen LogP contribution in [0.4, 0.5) is 0 Å². The van der Waals surface area contributed by atoms with Gasteiger partial charge in [-0.3, -0.25) is 9.36 Å². The molecule has 2 fully saturated rings. The van der Waals surface area contributed by atoms with Gasteiger partial charge in [0.15, 0.2) is 5.13 Å². The fourth-order valence-corrected chi connectivity index (χ4v) is 4.63. The van der Waals surface area contributed by atoms with E-state index in [0.717, 1.165) is 41.6 Å². The van der Waals surface area contributed by atoms with Crippen LogP contribution in [-0.4, -0.2) is 34.6 Å². The average molecular weight is 330 g/mol. The van der Waals surface area contributed by atoms with Gasteiger partial charge in [-0.15, -0.1) is 11.3 Å². The minimum absolute atomic E-state index is 0.0568. The lowest BCUT2D eigenvalue weighted by Gasteiger charge is -2.23. The van der Waals surface area contributed by atoms with Crippen molar-refractivity contribution < 1.29 is 4.79 Å². The Labute approximate surface area is 140 Å². The number of amides is 1. The molecule has 3 heterocycles. The molecule has 2 N–H and O–H groups in total. The van der Waals surface area contributed by atoms with Crippen molar-refractivity contribution in [3.05, 3.63) is 34.6 Å². The van der Waals surface area contributed by atoms with E-state index in [1.54, 1.807) is 17.5 Å². The third-order valence-corrected chi connectivity index (χ3v) is 6.14. The summed E-state index contributed by atoms with van der Waals surface area (Å²) in [5.74, 6) is 0.0568. The molecule has 1 aliphatic heterocycles. The van der Waals surface area contributed by atoms with E-state index in [1.807, 2.05) is 25.3 Å². The molecule has 1 spiro atoms. The summed E-state index contributed by atoms with van der Waals surface area (Å²) in [7, 11) is 0. The Bertz CT molecular complexity index is 728. The van der Waals surface area contributed by atoms with Crippen molar-refractivity contribution >= 4 is 17.2 Å². The Hall–Kier alpha value is -1.66. The summed E-state index contributed by atoms with van der Waals surface area (Å²) < 4.78 is 2.06. The van der Waals surface area contributed by atoms with Crippen LogP contribution < -0.4 is 10.6 Å². The molecule has 6 heteroatoms. The molecule has 5 nitrogen and oxygen atoms in total. The Morgan fingerprint density at radius 1 is 1.43 bits per heavy atom. The van der Waals surface area contributed by atoms with Crippen LogP contribution in [-0.2, 0) is 0 Å². The largest absolute Gasteiger partial charge is 0.349 e. The second-order valence-electron chi connectivity index (χ2n) is 6.78. The number of rotatable bonds is 3. The molecule has 1 aliphatic carbocycles. The van der Waals surface area contributed by atoms with Crippen molar-refractivity contribution in [3.63, 3.8) is 0 Å². The standard InChI is InChI=1S/C17H22N4OS/c1-11-9-13(12(2)21(11)16-19-7-8-23-16)15(22)20-14-10-17(14)3-5-18-6-4-17/h7-9,14,18H,3-6,10H2,1-2H3,(H,20,22). The van der Waals surface area contributed by atoms with Crippen LogP contribution in [0.5, 0.6) is 0 Å². The summed E-state index contributed by atoms with van der Waals surface area (Å²) in [6, 6.07) is 2.32. The highest BCUT2D eigenvalue weighted by molar-refractivity contribution is 7.12. The van der Waals surface area contributed by atoms with E-state index >= 15 is 0 Å². The van der Waals surface area contributed by atoms with Crippen LogP contribution in [0.25, 0.3) is 5.13 Å². The zero-order chi connectivity index (χ0) is 16.0.